The molecule has 1 aliphatic carbocycles. The first-order valence-electron chi connectivity index (χ1n) is 8.77. The molecule has 0 atom stereocenters. The lowest BCUT2D eigenvalue weighted by Gasteiger charge is -2.29. The lowest BCUT2D eigenvalue weighted by Crippen LogP contribution is -2.32. The Bertz CT molecular complexity index is 1030. The third-order valence-corrected chi connectivity index (χ3v) is 6.64. The fourth-order valence-corrected chi connectivity index (χ4v) is 4.56. The highest BCUT2D eigenvalue weighted by Gasteiger charge is 2.49. The van der Waals surface area contributed by atoms with E-state index in [1.807, 2.05) is 11.9 Å². The number of nitrogens with zero attached hydrogens (tertiary/aromatic N) is 3. The van der Waals surface area contributed by atoms with Gasteiger partial charge in [0, 0.05) is 25.4 Å². The molecule has 3 rings (SSSR count). The maximum atomic E-state index is 12.7. The van der Waals surface area contributed by atoms with Crippen LogP contribution >= 0.6 is 11.3 Å². The lowest BCUT2D eigenvalue weighted by atomic mass is 9.95. The zero-order valence-electron chi connectivity index (χ0n) is 15.3. The summed E-state index contributed by atoms with van der Waals surface area (Å²) in [5, 5.41) is -0.0549. The number of thiophene rings is 1. The van der Waals surface area contributed by atoms with E-state index in [-0.39, 0.29) is 26.8 Å². The maximum absolute atomic E-state index is 12.7. The molecule has 12 heteroatoms. The van der Waals surface area contributed by atoms with Crippen molar-refractivity contribution in [3.8, 4) is 5.75 Å². The molecular formula is C17H18F3N3O4S2. The Kier molecular flexibility index (Phi) is 6.13. The first-order valence-corrected chi connectivity index (χ1v) is 11.0. The molecule has 29 heavy (non-hydrogen) atoms. The van der Waals surface area contributed by atoms with Crippen molar-refractivity contribution in [2.24, 2.45) is 4.99 Å². The van der Waals surface area contributed by atoms with E-state index in [0.29, 0.717) is 6.29 Å². The summed E-state index contributed by atoms with van der Waals surface area (Å²) in [7, 11) is -4.05. The normalized spacial score (nSPS) is 16.4. The summed E-state index contributed by atoms with van der Waals surface area (Å²) in [6.45, 7) is 0. The maximum Gasteiger partial charge on any atom is 0.534 e. The van der Waals surface area contributed by atoms with E-state index in [1.165, 1.54) is 12.8 Å². The van der Waals surface area contributed by atoms with Gasteiger partial charge in [-0.25, -0.2) is 9.98 Å². The Hall–Kier alpha value is -2.21. The van der Waals surface area contributed by atoms with E-state index in [4.69, 9.17) is 0 Å². The van der Waals surface area contributed by atoms with Crippen molar-refractivity contribution in [3.63, 3.8) is 0 Å². The van der Waals surface area contributed by atoms with Crippen LogP contribution in [0.5, 0.6) is 5.75 Å². The highest BCUT2D eigenvalue weighted by Crippen LogP contribution is 2.42. The zero-order valence-corrected chi connectivity index (χ0v) is 17.0. The number of carbonyl (C=O) groups excluding carboxylic acids is 1. The molecule has 0 saturated heterocycles. The summed E-state index contributed by atoms with van der Waals surface area (Å²) in [5.74, 6) is -0.579. The van der Waals surface area contributed by atoms with Gasteiger partial charge in [0.15, 0.2) is 12.0 Å². The molecule has 0 amide bonds. The van der Waals surface area contributed by atoms with Crippen LogP contribution in [0.1, 0.15) is 41.8 Å². The van der Waals surface area contributed by atoms with Crippen LogP contribution in [0, 0.1) is 0 Å². The van der Waals surface area contributed by atoms with Crippen molar-refractivity contribution in [3.05, 3.63) is 17.1 Å². The molecule has 0 aromatic carbocycles. The van der Waals surface area contributed by atoms with Crippen LogP contribution in [0.3, 0.4) is 0 Å². The quantitative estimate of drug-likeness (QED) is 0.215. The van der Waals surface area contributed by atoms with Gasteiger partial charge in [0.2, 0.25) is 0 Å². The fourth-order valence-electron chi connectivity index (χ4n) is 3.17. The second-order valence-corrected chi connectivity index (χ2v) is 9.18. The first-order chi connectivity index (χ1) is 13.6. The van der Waals surface area contributed by atoms with Crippen molar-refractivity contribution in [1.82, 2.24) is 9.88 Å². The molecule has 0 unspecified atom stereocenters. The molecule has 2 aromatic heterocycles. The van der Waals surface area contributed by atoms with E-state index in [0.717, 1.165) is 49.3 Å². The molecule has 2 heterocycles. The number of rotatable bonds is 6. The van der Waals surface area contributed by atoms with Crippen molar-refractivity contribution < 1.29 is 30.6 Å². The molecule has 7 nitrogen and oxygen atoms in total. The Morgan fingerprint density at radius 2 is 2.00 bits per heavy atom. The van der Waals surface area contributed by atoms with Crippen LogP contribution < -0.4 is 4.18 Å². The van der Waals surface area contributed by atoms with Gasteiger partial charge in [-0.3, -0.25) is 4.79 Å². The van der Waals surface area contributed by atoms with Crippen LogP contribution in [0.15, 0.2) is 17.3 Å². The summed E-state index contributed by atoms with van der Waals surface area (Å²) >= 11 is 0.891. The minimum atomic E-state index is -5.88. The van der Waals surface area contributed by atoms with Crippen molar-refractivity contribution in [2.75, 3.05) is 7.05 Å². The van der Waals surface area contributed by atoms with Gasteiger partial charge >= 0.3 is 15.6 Å². The van der Waals surface area contributed by atoms with Gasteiger partial charge in [-0.05, 0) is 12.8 Å². The first kappa shape index (κ1) is 21.5. The average Bonchev–Trinajstić information content (AvgIpc) is 3.04. The molecule has 0 radical (unpaired) electrons. The monoisotopic (exact) mass is 449 g/mol. The minimum absolute atomic E-state index is 0.0307. The molecule has 1 aliphatic rings. The van der Waals surface area contributed by atoms with Gasteiger partial charge in [0.25, 0.3) is 0 Å². The fraction of sp³-hybridized carbons (Fsp3) is 0.471. The van der Waals surface area contributed by atoms with Gasteiger partial charge in [-0.1, -0.05) is 19.3 Å². The second kappa shape index (κ2) is 8.27. The summed E-state index contributed by atoms with van der Waals surface area (Å²) in [4.78, 5) is 21.9. The highest BCUT2D eigenvalue weighted by molar-refractivity contribution is 7.88. The number of aldehydes is 1. The number of hydrogen-bond donors (Lipinski definition) is 0. The molecule has 1 fully saturated rings. The third-order valence-electron chi connectivity index (χ3n) is 4.66. The molecule has 0 N–H and O–H groups in total. The van der Waals surface area contributed by atoms with Gasteiger partial charge in [-0.15, -0.1) is 11.3 Å². The van der Waals surface area contributed by atoms with E-state index in [2.05, 4.69) is 14.2 Å². The van der Waals surface area contributed by atoms with Crippen LogP contribution in [-0.2, 0) is 10.1 Å². The van der Waals surface area contributed by atoms with E-state index >= 15 is 0 Å². The van der Waals surface area contributed by atoms with Gasteiger partial charge < -0.3 is 9.08 Å². The third kappa shape index (κ3) is 4.53. The molecule has 2 aromatic rings. The second-order valence-electron chi connectivity index (χ2n) is 6.61. The Labute approximate surface area is 169 Å². The summed E-state index contributed by atoms with van der Waals surface area (Å²) < 4.78 is 65.4. The number of aromatic nitrogens is 1. The van der Waals surface area contributed by atoms with Crippen LogP contribution in [0.25, 0.3) is 10.2 Å². The lowest BCUT2D eigenvalue weighted by molar-refractivity contribution is -0.0499. The number of aliphatic imine (C=N–C) groups is 1. The van der Waals surface area contributed by atoms with E-state index < -0.39 is 21.4 Å². The topological polar surface area (TPSA) is 88.9 Å². The standard InChI is InChI=1S/C17H18F3N3O4S2/c1-23(11-5-3-2-4-6-11)10-22-15-13(9-24)28-16-14(15)12(7-8-21-16)27-29(25,26)17(18,19)20/h7-11H,2-6H2,1H3. The smallest absolute Gasteiger partial charge is 0.375 e. The largest absolute Gasteiger partial charge is 0.534 e. The van der Waals surface area contributed by atoms with E-state index in [9.17, 15) is 26.4 Å². The molecule has 0 spiro atoms. The number of pyridine rings is 1. The number of carbonyl (C=O) groups is 1. The van der Waals surface area contributed by atoms with Crippen molar-refractivity contribution in [2.45, 2.75) is 43.7 Å². The molecule has 158 valence electrons. The van der Waals surface area contributed by atoms with Crippen LogP contribution in [0.2, 0.25) is 0 Å². The number of hydrogen-bond acceptors (Lipinski definition) is 7. The van der Waals surface area contributed by atoms with Crippen molar-refractivity contribution in [1.29, 1.82) is 0 Å². The Morgan fingerprint density at radius 1 is 1.31 bits per heavy atom. The van der Waals surface area contributed by atoms with Gasteiger partial charge in [0.1, 0.15) is 4.83 Å². The molecule has 1 saturated carbocycles. The predicted octanol–water partition coefficient (Wildman–Crippen LogP) is 4.26. The summed E-state index contributed by atoms with van der Waals surface area (Å²) in [6.07, 6.45) is 8.46. The van der Waals surface area contributed by atoms with Crippen molar-refractivity contribution >= 4 is 50.0 Å². The Balaban J connectivity index is 2.02. The summed E-state index contributed by atoms with van der Waals surface area (Å²) in [5.41, 5.74) is -5.56. The number of fused-ring (bicyclic) bond motifs is 1. The number of alkyl halides is 3. The van der Waals surface area contributed by atoms with Crippen LogP contribution in [0.4, 0.5) is 18.9 Å². The Morgan fingerprint density at radius 3 is 2.62 bits per heavy atom. The number of halogens is 3. The average molecular weight is 449 g/mol. The summed E-state index contributed by atoms with van der Waals surface area (Å²) in [6, 6.07) is 1.27. The molecule has 0 bridgehead atoms. The zero-order chi connectivity index (χ0) is 21.2. The molecular weight excluding hydrogens is 431 g/mol. The minimum Gasteiger partial charge on any atom is -0.375 e. The molecule has 0 aliphatic heterocycles. The highest BCUT2D eigenvalue weighted by atomic mass is 32.2. The predicted molar refractivity (Wildman–Crippen MR) is 103 cm³/mol. The van der Waals surface area contributed by atoms with E-state index in [1.54, 1.807) is 0 Å². The SMILES string of the molecule is CN(C=Nc1c(C=O)sc2nccc(OS(=O)(=O)C(F)(F)F)c12)C1CCCCC1. The van der Waals surface area contributed by atoms with Gasteiger partial charge in [0.05, 0.1) is 22.3 Å². The van der Waals surface area contributed by atoms with Crippen LogP contribution in [-0.4, -0.2) is 49.5 Å². The van der Waals surface area contributed by atoms with Gasteiger partial charge in [-0.2, -0.15) is 21.6 Å².